The number of likely N-dealkylation sites (N-methyl/N-ethyl adjacent to an activating group) is 1. The molecule has 0 saturated carbocycles. The molecule has 9 heteroatoms. The maximum atomic E-state index is 12.9. The normalized spacial score (nSPS) is 14.7. The molecule has 3 unspecified atom stereocenters. The molecule has 0 fully saturated rings. The molecule has 0 saturated heterocycles. The van der Waals surface area contributed by atoms with Crippen molar-refractivity contribution in [2.45, 2.75) is 231 Å². The zero-order valence-electron chi connectivity index (χ0n) is 42.3. The van der Waals surface area contributed by atoms with Crippen molar-refractivity contribution in [3.8, 4) is 0 Å². The summed E-state index contributed by atoms with van der Waals surface area (Å²) in [5.74, 6) is -0.185. The van der Waals surface area contributed by atoms with Crippen molar-refractivity contribution in [2.75, 3.05) is 40.9 Å². The number of phosphoric acid groups is 1. The third-order valence-corrected chi connectivity index (χ3v) is 12.4. The number of unbranched alkanes of at least 4 members (excludes halogenated alkanes) is 24. The molecule has 0 aliphatic rings. The zero-order chi connectivity index (χ0) is 47.1. The predicted octanol–water partition coefficient (Wildman–Crippen LogP) is 15.5. The Morgan fingerprint density at radius 2 is 0.938 bits per heavy atom. The van der Waals surface area contributed by atoms with Crippen LogP contribution < -0.4 is 5.32 Å². The average Bonchev–Trinajstić information content (AvgIpc) is 3.25. The number of aliphatic hydroxyl groups excluding tert-OH is 1. The number of quaternary nitrogens is 1. The SMILES string of the molecule is CC/C=C\C/C=C\C/C=C\C/C=C\C/C=C\CCCCCCCCCCCC(=O)NC(COP(=O)(O)OCC[N+](C)(C)C)C(O)/C=C/CCCCCCCCCCCCCCCCC. The number of nitrogens with one attached hydrogen (secondary N) is 1. The van der Waals surface area contributed by atoms with E-state index in [1.807, 2.05) is 27.2 Å². The van der Waals surface area contributed by atoms with Crippen LogP contribution in [0.4, 0.5) is 0 Å². The Morgan fingerprint density at radius 3 is 1.38 bits per heavy atom. The number of hydrogen-bond acceptors (Lipinski definition) is 5. The number of phosphoric ester groups is 1. The van der Waals surface area contributed by atoms with E-state index in [0.29, 0.717) is 17.4 Å². The van der Waals surface area contributed by atoms with Gasteiger partial charge < -0.3 is 19.8 Å². The van der Waals surface area contributed by atoms with Crippen molar-refractivity contribution in [2.24, 2.45) is 0 Å². The van der Waals surface area contributed by atoms with Crippen LogP contribution in [0.15, 0.2) is 72.9 Å². The molecule has 0 heterocycles. The quantitative estimate of drug-likeness (QED) is 0.0243. The van der Waals surface area contributed by atoms with Gasteiger partial charge in [0.1, 0.15) is 13.2 Å². The molecule has 0 aliphatic carbocycles. The lowest BCUT2D eigenvalue weighted by Gasteiger charge is -2.25. The fraction of sp³-hybridized carbons (Fsp3) is 0.764. The number of amides is 1. The third kappa shape index (κ3) is 47.9. The summed E-state index contributed by atoms with van der Waals surface area (Å²) < 4.78 is 23.7. The van der Waals surface area contributed by atoms with Crippen molar-refractivity contribution in [1.29, 1.82) is 0 Å². The summed E-state index contributed by atoms with van der Waals surface area (Å²) in [5, 5.41) is 13.9. The van der Waals surface area contributed by atoms with Gasteiger partial charge in [-0.15, -0.1) is 0 Å². The smallest absolute Gasteiger partial charge is 0.387 e. The lowest BCUT2D eigenvalue weighted by Crippen LogP contribution is -2.45. The van der Waals surface area contributed by atoms with Gasteiger partial charge in [-0.05, 0) is 64.2 Å². The number of nitrogens with zero attached hydrogens (tertiary/aromatic N) is 1. The van der Waals surface area contributed by atoms with Gasteiger partial charge in [0.25, 0.3) is 0 Å². The number of allylic oxidation sites excluding steroid dienone is 11. The van der Waals surface area contributed by atoms with Crippen LogP contribution in [-0.4, -0.2) is 73.4 Å². The molecule has 372 valence electrons. The molecule has 0 rings (SSSR count). The molecule has 0 bridgehead atoms. The van der Waals surface area contributed by atoms with E-state index < -0.39 is 20.0 Å². The molecule has 0 spiro atoms. The number of carbonyl (C=O) groups is 1. The Labute approximate surface area is 395 Å². The summed E-state index contributed by atoms with van der Waals surface area (Å²) in [7, 11) is 1.56. The minimum Gasteiger partial charge on any atom is -0.387 e. The standard InChI is InChI=1S/C55H101N2O6P/c1-6-8-10-12-14-16-18-20-22-24-25-26-27-28-29-30-31-33-35-37-39-41-43-45-47-49-55(59)56-53(52-63-64(60,61)62-51-50-57(3,4)5)54(58)48-46-44-42-40-38-36-34-32-23-21-19-17-15-13-11-9-7-2/h8,10,14,16,20,22,25-26,28-29,46,48,53-54,58H,6-7,9,11-13,15,17-19,21,23-24,27,30-45,47,49-52H2,1-5H3,(H-,56,59,60,61)/p+1/b10-8-,16-14-,22-20-,26-25-,29-28-,48-46+. The van der Waals surface area contributed by atoms with Gasteiger partial charge in [-0.1, -0.05) is 222 Å². The van der Waals surface area contributed by atoms with Gasteiger partial charge in [-0.2, -0.15) is 0 Å². The van der Waals surface area contributed by atoms with Gasteiger partial charge in [-0.25, -0.2) is 4.57 Å². The second kappa shape index (κ2) is 46.1. The molecule has 3 N–H and O–H groups in total. The average molecular weight is 918 g/mol. The van der Waals surface area contributed by atoms with Crippen LogP contribution in [0.1, 0.15) is 219 Å². The Balaban J connectivity index is 4.30. The van der Waals surface area contributed by atoms with Gasteiger partial charge >= 0.3 is 7.82 Å². The molecule has 0 radical (unpaired) electrons. The highest BCUT2D eigenvalue weighted by Gasteiger charge is 2.27. The summed E-state index contributed by atoms with van der Waals surface area (Å²) in [4.78, 5) is 23.2. The molecule has 3 atom stereocenters. The van der Waals surface area contributed by atoms with E-state index in [2.05, 4.69) is 79.9 Å². The van der Waals surface area contributed by atoms with Crippen molar-refractivity contribution in [1.82, 2.24) is 5.32 Å². The highest BCUT2D eigenvalue weighted by molar-refractivity contribution is 7.47. The molecule has 8 nitrogen and oxygen atoms in total. The van der Waals surface area contributed by atoms with Crippen LogP contribution >= 0.6 is 7.82 Å². The van der Waals surface area contributed by atoms with Crippen LogP contribution in [0.2, 0.25) is 0 Å². The Bertz CT molecular complexity index is 1270. The highest BCUT2D eigenvalue weighted by Crippen LogP contribution is 2.43. The fourth-order valence-corrected chi connectivity index (χ4v) is 8.04. The van der Waals surface area contributed by atoms with Crippen molar-refractivity contribution in [3.05, 3.63) is 72.9 Å². The van der Waals surface area contributed by atoms with Crippen LogP contribution in [0, 0.1) is 0 Å². The largest absolute Gasteiger partial charge is 0.472 e. The molecule has 0 aliphatic heterocycles. The number of hydrogen-bond donors (Lipinski definition) is 3. The topological polar surface area (TPSA) is 105 Å². The van der Waals surface area contributed by atoms with Crippen molar-refractivity contribution >= 4 is 13.7 Å². The number of carbonyl (C=O) groups excluding carboxylic acids is 1. The lowest BCUT2D eigenvalue weighted by molar-refractivity contribution is -0.870. The molecule has 1 amide bonds. The summed E-state index contributed by atoms with van der Waals surface area (Å²) >= 11 is 0. The summed E-state index contributed by atoms with van der Waals surface area (Å²) in [6.45, 7) is 4.70. The molecular formula is C55H102N2O6P+. The summed E-state index contributed by atoms with van der Waals surface area (Å²) in [5.41, 5.74) is 0. The van der Waals surface area contributed by atoms with E-state index in [4.69, 9.17) is 9.05 Å². The Hall–Kier alpha value is -2.06. The first-order valence-electron chi connectivity index (χ1n) is 26.3. The van der Waals surface area contributed by atoms with Crippen LogP contribution in [-0.2, 0) is 18.4 Å². The molecule has 0 aromatic rings. The van der Waals surface area contributed by atoms with E-state index >= 15 is 0 Å². The monoisotopic (exact) mass is 918 g/mol. The van der Waals surface area contributed by atoms with Crippen molar-refractivity contribution in [3.63, 3.8) is 0 Å². The van der Waals surface area contributed by atoms with Crippen LogP contribution in [0.25, 0.3) is 0 Å². The van der Waals surface area contributed by atoms with Gasteiger partial charge in [0.2, 0.25) is 5.91 Å². The molecule has 0 aromatic carbocycles. The molecule has 0 aromatic heterocycles. The Morgan fingerprint density at radius 1 is 0.547 bits per heavy atom. The van der Waals surface area contributed by atoms with Gasteiger partial charge in [0.05, 0.1) is 39.9 Å². The lowest BCUT2D eigenvalue weighted by atomic mass is 10.0. The third-order valence-electron chi connectivity index (χ3n) is 11.4. The minimum absolute atomic E-state index is 0.0574. The highest BCUT2D eigenvalue weighted by atomic mass is 31.2. The van der Waals surface area contributed by atoms with E-state index in [9.17, 15) is 19.4 Å². The zero-order valence-corrected chi connectivity index (χ0v) is 43.1. The molecular weight excluding hydrogens is 816 g/mol. The van der Waals surface area contributed by atoms with Gasteiger partial charge in [-0.3, -0.25) is 13.8 Å². The summed E-state index contributed by atoms with van der Waals surface area (Å²) in [6.07, 6.45) is 62.6. The first-order valence-corrected chi connectivity index (χ1v) is 27.8. The second-order valence-corrected chi connectivity index (χ2v) is 20.3. The van der Waals surface area contributed by atoms with E-state index in [-0.39, 0.29) is 19.1 Å². The van der Waals surface area contributed by atoms with E-state index in [0.717, 1.165) is 77.0 Å². The summed E-state index contributed by atoms with van der Waals surface area (Å²) in [6, 6.07) is -0.853. The van der Waals surface area contributed by atoms with Crippen molar-refractivity contribution < 1.29 is 32.9 Å². The molecule has 64 heavy (non-hydrogen) atoms. The number of rotatable bonds is 47. The number of aliphatic hydroxyl groups is 1. The minimum atomic E-state index is -4.35. The van der Waals surface area contributed by atoms with E-state index in [1.54, 1.807) is 6.08 Å². The first kappa shape index (κ1) is 61.9. The predicted molar refractivity (Wildman–Crippen MR) is 276 cm³/mol. The maximum absolute atomic E-state index is 12.9. The van der Waals surface area contributed by atoms with Gasteiger partial charge in [0, 0.05) is 6.42 Å². The first-order chi connectivity index (χ1) is 31.0. The second-order valence-electron chi connectivity index (χ2n) is 18.9. The fourth-order valence-electron chi connectivity index (χ4n) is 7.30. The van der Waals surface area contributed by atoms with Gasteiger partial charge in [0.15, 0.2) is 0 Å². The van der Waals surface area contributed by atoms with Crippen LogP contribution in [0.3, 0.4) is 0 Å². The van der Waals surface area contributed by atoms with E-state index in [1.165, 1.54) is 122 Å². The Kier molecular flexibility index (Phi) is 44.6. The van der Waals surface area contributed by atoms with Crippen LogP contribution in [0.5, 0.6) is 0 Å². The maximum Gasteiger partial charge on any atom is 0.472 e.